The first-order chi connectivity index (χ1) is 10.2. The van der Waals surface area contributed by atoms with Crippen LogP contribution in [0.4, 0.5) is 0 Å². The number of aryl methyl sites for hydroxylation is 1. The molecule has 0 aromatic heterocycles. The number of nitrogens with one attached hydrogen (secondary N) is 1. The van der Waals surface area contributed by atoms with Gasteiger partial charge in [0.25, 0.3) is 0 Å². The summed E-state index contributed by atoms with van der Waals surface area (Å²) in [6.07, 6.45) is 1.68. The van der Waals surface area contributed by atoms with Crippen LogP contribution in [0.2, 0.25) is 0 Å². The smallest absolute Gasteiger partial charge is 0.225 e. The highest BCUT2D eigenvalue weighted by atomic mass is 16.5. The number of nitrogens with two attached hydrogens (primary N) is 1. The molecule has 0 aliphatic carbocycles. The second-order valence-corrected chi connectivity index (χ2v) is 7.18. The van der Waals surface area contributed by atoms with E-state index < -0.39 is 5.41 Å². The molecule has 22 heavy (non-hydrogen) atoms. The van der Waals surface area contributed by atoms with Crippen LogP contribution in [0.25, 0.3) is 0 Å². The summed E-state index contributed by atoms with van der Waals surface area (Å²) in [5.41, 5.74) is 9.04. The first kappa shape index (κ1) is 16.8. The molecule has 1 amide bonds. The Hall–Kier alpha value is -1.55. The monoisotopic (exact) mass is 304 g/mol. The number of benzene rings is 1. The van der Waals surface area contributed by atoms with Crippen LogP contribution in [-0.2, 0) is 4.79 Å². The Morgan fingerprint density at radius 1 is 1.45 bits per heavy atom. The predicted molar refractivity (Wildman–Crippen MR) is 88.8 cm³/mol. The molecule has 0 spiro atoms. The van der Waals surface area contributed by atoms with E-state index in [-0.39, 0.29) is 18.0 Å². The number of ether oxygens (including phenoxy) is 1. The SMILES string of the molecule is CCC(N)c1cc(C)c2c(c1)C(NC(=O)C(C)(C)C)CCO2. The maximum atomic E-state index is 12.3. The van der Waals surface area contributed by atoms with Crippen LogP contribution < -0.4 is 15.8 Å². The molecular formula is C18H28N2O2. The van der Waals surface area contributed by atoms with E-state index >= 15 is 0 Å². The van der Waals surface area contributed by atoms with Crippen molar-refractivity contribution in [3.63, 3.8) is 0 Å². The van der Waals surface area contributed by atoms with Gasteiger partial charge in [0.2, 0.25) is 5.91 Å². The van der Waals surface area contributed by atoms with Crippen molar-refractivity contribution in [3.05, 3.63) is 28.8 Å². The van der Waals surface area contributed by atoms with E-state index in [1.807, 2.05) is 27.7 Å². The second-order valence-electron chi connectivity index (χ2n) is 7.18. The third-order valence-electron chi connectivity index (χ3n) is 4.21. The highest BCUT2D eigenvalue weighted by Crippen LogP contribution is 2.37. The van der Waals surface area contributed by atoms with Gasteiger partial charge in [-0.3, -0.25) is 4.79 Å². The van der Waals surface area contributed by atoms with Gasteiger partial charge in [-0.25, -0.2) is 0 Å². The maximum absolute atomic E-state index is 12.3. The van der Waals surface area contributed by atoms with Gasteiger partial charge >= 0.3 is 0 Å². The molecule has 0 fully saturated rings. The van der Waals surface area contributed by atoms with Gasteiger partial charge in [0, 0.05) is 23.4 Å². The minimum absolute atomic E-state index is 0.00168. The van der Waals surface area contributed by atoms with Crippen molar-refractivity contribution >= 4 is 5.91 Å². The summed E-state index contributed by atoms with van der Waals surface area (Å²) in [6.45, 7) is 10.5. The van der Waals surface area contributed by atoms with Crippen LogP contribution >= 0.6 is 0 Å². The Bertz CT molecular complexity index is 561. The second kappa shape index (κ2) is 6.29. The average Bonchev–Trinajstić information content (AvgIpc) is 2.46. The van der Waals surface area contributed by atoms with Crippen molar-refractivity contribution in [1.29, 1.82) is 0 Å². The fraction of sp³-hybridized carbons (Fsp3) is 0.611. The van der Waals surface area contributed by atoms with Crippen molar-refractivity contribution in [2.24, 2.45) is 11.1 Å². The molecule has 3 N–H and O–H groups in total. The number of rotatable bonds is 3. The third-order valence-corrected chi connectivity index (χ3v) is 4.21. The molecule has 1 heterocycles. The van der Waals surface area contributed by atoms with Gasteiger partial charge in [0.15, 0.2) is 0 Å². The molecule has 1 aliphatic rings. The summed E-state index contributed by atoms with van der Waals surface area (Å²) in [5.74, 6) is 0.964. The van der Waals surface area contributed by atoms with E-state index in [9.17, 15) is 4.79 Å². The summed E-state index contributed by atoms with van der Waals surface area (Å²) >= 11 is 0. The van der Waals surface area contributed by atoms with Gasteiger partial charge in [-0.05, 0) is 30.5 Å². The van der Waals surface area contributed by atoms with Crippen molar-refractivity contribution < 1.29 is 9.53 Å². The van der Waals surface area contributed by atoms with Gasteiger partial charge in [0.05, 0.1) is 12.6 Å². The molecule has 1 aliphatic heterocycles. The molecule has 0 saturated heterocycles. The summed E-state index contributed by atoms with van der Waals surface area (Å²) in [5, 5.41) is 3.17. The average molecular weight is 304 g/mol. The van der Waals surface area contributed by atoms with Crippen molar-refractivity contribution in [2.75, 3.05) is 6.61 Å². The van der Waals surface area contributed by atoms with Gasteiger partial charge < -0.3 is 15.8 Å². The van der Waals surface area contributed by atoms with E-state index in [1.165, 1.54) is 0 Å². The molecule has 4 nitrogen and oxygen atoms in total. The fourth-order valence-electron chi connectivity index (χ4n) is 2.69. The molecule has 4 heteroatoms. The fourth-order valence-corrected chi connectivity index (χ4v) is 2.69. The lowest BCUT2D eigenvalue weighted by molar-refractivity contribution is -0.129. The Kier molecular flexibility index (Phi) is 4.81. The lowest BCUT2D eigenvalue weighted by Gasteiger charge is -2.31. The normalized spacial score (nSPS) is 19.1. The highest BCUT2D eigenvalue weighted by molar-refractivity contribution is 5.82. The molecule has 0 saturated carbocycles. The standard InChI is InChI=1S/C18H28N2O2/c1-6-14(19)12-9-11(2)16-13(10-12)15(7-8-22-16)20-17(21)18(3,4)5/h9-10,14-15H,6-8,19H2,1-5H3,(H,20,21). The number of hydrogen-bond donors (Lipinski definition) is 2. The lowest BCUT2D eigenvalue weighted by atomic mass is 9.90. The zero-order valence-corrected chi connectivity index (χ0v) is 14.3. The van der Waals surface area contributed by atoms with Crippen LogP contribution in [-0.4, -0.2) is 12.5 Å². The number of fused-ring (bicyclic) bond motifs is 1. The minimum atomic E-state index is -0.398. The third kappa shape index (κ3) is 3.43. The minimum Gasteiger partial charge on any atom is -0.493 e. The van der Waals surface area contributed by atoms with E-state index in [4.69, 9.17) is 10.5 Å². The Balaban J connectivity index is 2.36. The quantitative estimate of drug-likeness (QED) is 0.899. The maximum Gasteiger partial charge on any atom is 0.225 e. The Labute approximate surface area is 133 Å². The first-order valence-electron chi connectivity index (χ1n) is 8.07. The van der Waals surface area contributed by atoms with E-state index in [2.05, 4.69) is 24.4 Å². The number of carbonyl (C=O) groups excluding carboxylic acids is 1. The zero-order valence-electron chi connectivity index (χ0n) is 14.3. The number of amides is 1. The van der Waals surface area contributed by atoms with Gasteiger partial charge in [-0.1, -0.05) is 33.8 Å². The van der Waals surface area contributed by atoms with Crippen molar-refractivity contribution in [3.8, 4) is 5.75 Å². The van der Waals surface area contributed by atoms with Crippen molar-refractivity contribution in [1.82, 2.24) is 5.32 Å². The summed E-state index contributed by atoms with van der Waals surface area (Å²) in [6, 6.07) is 4.22. The molecule has 0 radical (unpaired) electrons. The molecule has 0 bridgehead atoms. The number of carbonyl (C=O) groups is 1. The Morgan fingerprint density at radius 3 is 2.73 bits per heavy atom. The van der Waals surface area contributed by atoms with E-state index in [0.29, 0.717) is 6.61 Å². The van der Waals surface area contributed by atoms with Crippen LogP contribution in [0.1, 0.15) is 69.3 Å². The molecule has 1 aromatic carbocycles. The van der Waals surface area contributed by atoms with E-state index in [1.54, 1.807) is 0 Å². The van der Waals surface area contributed by atoms with Crippen LogP contribution in [0.3, 0.4) is 0 Å². The summed E-state index contributed by atoms with van der Waals surface area (Å²) in [4.78, 5) is 12.3. The molecular weight excluding hydrogens is 276 g/mol. The Morgan fingerprint density at radius 2 is 2.14 bits per heavy atom. The van der Waals surface area contributed by atoms with Crippen molar-refractivity contribution in [2.45, 2.75) is 59.5 Å². The molecule has 2 atom stereocenters. The zero-order chi connectivity index (χ0) is 16.5. The molecule has 1 aromatic rings. The largest absolute Gasteiger partial charge is 0.493 e. The molecule has 2 rings (SSSR count). The summed E-state index contributed by atoms with van der Waals surface area (Å²) < 4.78 is 5.83. The number of hydrogen-bond acceptors (Lipinski definition) is 3. The lowest BCUT2D eigenvalue weighted by Crippen LogP contribution is -2.39. The first-order valence-corrected chi connectivity index (χ1v) is 8.07. The molecule has 122 valence electrons. The van der Waals surface area contributed by atoms with Crippen LogP contribution in [0.15, 0.2) is 12.1 Å². The molecule has 2 unspecified atom stereocenters. The van der Waals surface area contributed by atoms with Gasteiger partial charge in [0.1, 0.15) is 5.75 Å². The van der Waals surface area contributed by atoms with E-state index in [0.717, 1.165) is 35.3 Å². The summed E-state index contributed by atoms with van der Waals surface area (Å²) in [7, 11) is 0. The van der Waals surface area contributed by atoms with Gasteiger partial charge in [-0.2, -0.15) is 0 Å². The highest BCUT2D eigenvalue weighted by Gasteiger charge is 2.29. The van der Waals surface area contributed by atoms with Gasteiger partial charge in [-0.15, -0.1) is 0 Å². The van der Waals surface area contributed by atoms with Crippen LogP contribution in [0, 0.1) is 12.3 Å². The topological polar surface area (TPSA) is 64.3 Å². The predicted octanol–water partition coefficient (Wildman–Crippen LogP) is 3.39. The van der Waals surface area contributed by atoms with Crippen LogP contribution in [0.5, 0.6) is 5.75 Å².